The first kappa shape index (κ1) is 23.7. The monoisotopic (exact) mass is 506 g/mol. The highest BCUT2D eigenvalue weighted by molar-refractivity contribution is 5.99. The van der Waals surface area contributed by atoms with Crippen molar-refractivity contribution in [1.29, 1.82) is 0 Å². The number of benzene rings is 2. The molecule has 2 atom stereocenters. The molecule has 2 bridgehead atoms. The number of amides is 1. The molecule has 1 aliphatic carbocycles. The van der Waals surface area contributed by atoms with Crippen molar-refractivity contribution in [2.75, 3.05) is 6.61 Å². The normalized spacial score (nSPS) is 22.5. The van der Waals surface area contributed by atoms with Crippen molar-refractivity contribution < 1.29 is 27.5 Å². The number of ether oxygens (including phenoxy) is 1. The molecule has 37 heavy (non-hydrogen) atoms. The van der Waals surface area contributed by atoms with Gasteiger partial charge < -0.3 is 9.64 Å². The number of aromatic nitrogens is 1. The molecule has 1 amide bonds. The molecule has 5 nitrogen and oxygen atoms in total. The molecule has 2 fully saturated rings. The van der Waals surface area contributed by atoms with E-state index < -0.39 is 35.1 Å². The smallest absolute Gasteiger partial charge is 0.417 e. The summed E-state index contributed by atoms with van der Waals surface area (Å²) in [5, 5.41) is 0. The molecule has 0 spiro atoms. The highest BCUT2D eigenvalue weighted by Crippen LogP contribution is 2.45. The van der Waals surface area contributed by atoms with Gasteiger partial charge in [0.2, 0.25) is 0 Å². The van der Waals surface area contributed by atoms with Crippen LogP contribution in [0.25, 0.3) is 11.1 Å². The van der Waals surface area contributed by atoms with Crippen molar-refractivity contribution in [2.24, 2.45) is 5.92 Å². The van der Waals surface area contributed by atoms with Gasteiger partial charge in [-0.05, 0) is 54.0 Å². The Bertz CT molecular complexity index is 1310. The lowest BCUT2D eigenvalue weighted by molar-refractivity contribution is -0.138. The van der Waals surface area contributed by atoms with Crippen LogP contribution in [0.4, 0.5) is 18.0 Å². The molecule has 6 rings (SSSR count). The van der Waals surface area contributed by atoms with Gasteiger partial charge in [0.15, 0.2) is 5.78 Å². The summed E-state index contributed by atoms with van der Waals surface area (Å²) >= 11 is 0. The van der Waals surface area contributed by atoms with Crippen LogP contribution in [-0.4, -0.2) is 40.5 Å². The van der Waals surface area contributed by atoms with Crippen LogP contribution in [0.3, 0.4) is 0 Å². The summed E-state index contributed by atoms with van der Waals surface area (Å²) in [5.74, 6) is -1.19. The average molecular weight is 507 g/mol. The summed E-state index contributed by atoms with van der Waals surface area (Å²) in [5.41, 5.74) is 3.19. The van der Waals surface area contributed by atoms with E-state index in [1.807, 2.05) is 24.3 Å². The quantitative estimate of drug-likeness (QED) is 0.380. The molecule has 190 valence electrons. The number of ketones is 1. The standard InChI is InChI=1S/C29H25F3N2O3/c30-29(31,32)26-11-12-33-15-24(26)27(35)17-13-18-9-10-19(14-17)34(18)28(36)37-16-25-22-7-3-1-5-20(22)21-6-2-4-8-23(21)25/h1-8,11-12,15,17-19,25H,9-10,13-14,16H2. The van der Waals surface area contributed by atoms with Crippen molar-refractivity contribution in [2.45, 2.75) is 49.9 Å². The van der Waals surface area contributed by atoms with Gasteiger partial charge in [0.05, 0.1) is 5.56 Å². The van der Waals surface area contributed by atoms with E-state index in [1.54, 1.807) is 4.90 Å². The summed E-state index contributed by atoms with van der Waals surface area (Å²) in [6.07, 6.45) is -0.937. The highest BCUT2D eigenvalue weighted by Gasteiger charge is 2.47. The first-order chi connectivity index (χ1) is 17.8. The van der Waals surface area contributed by atoms with Crippen LogP contribution in [0.1, 0.15) is 58.6 Å². The predicted molar refractivity (Wildman–Crippen MR) is 130 cm³/mol. The number of carbonyl (C=O) groups is 2. The summed E-state index contributed by atoms with van der Waals surface area (Å²) in [6.45, 7) is 0.204. The van der Waals surface area contributed by atoms with Crippen LogP contribution in [-0.2, 0) is 10.9 Å². The van der Waals surface area contributed by atoms with E-state index >= 15 is 0 Å². The minimum absolute atomic E-state index is 0.0560. The lowest BCUT2D eigenvalue weighted by atomic mass is 9.84. The molecule has 0 radical (unpaired) electrons. The number of nitrogens with zero attached hydrogens (tertiary/aromatic N) is 2. The third-order valence-corrected chi connectivity index (χ3v) is 8.04. The molecule has 1 aromatic heterocycles. The number of piperidine rings is 1. The molecular formula is C29H25F3N2O3. The zero-order chi connectivity index (χ0) is 25.7. The number of carbonyl (C=O) groups excluding carboxylic acids is 2. The molecule has 3 aromatic rings. The Morgan fingerprint density at radius 2 is 1.51 bits per heavy atom. The van der Waals surface area contributed by atoms with Gasteiger partial charge in [-0.1, -0.05) is 48.5 Å². The van der Waals surface area contributed by atoms with E-state index in [-0.39, 0.29) is 24.6 Å². The lowest BCUT2D eigenvalue weighted by Gasteiger charge is -2.38. The molecular weight excluding hydrogens is 481 g/mol. The molecule has 2 unspecified atom stereocenters. The molecule has 2 aromatic carbocycles. The van der Waals surface area contributed by atoms with E-state index in [0.29, 0.717) is 25.7 Å². The first-order valence-electron chi connectivity index (χ1n) is 12.5. The Hall–Kier alpha value is -3.68. The predicted octanol–water partition coefficient (Wildman–Crippen LogP) is 6.48. The zero-order valence-corrected chi connectivity index (χ0v) is 19.9. The second-order valence-corrected chi connectivity index (χ2v) is 10.0. The molecule has 3 aliphatic rings. The van der Waals surface area contributed by atoms with Gasteiger partial charge in [0.25, 0.3) is 0 Å². The van der Waals surface area contributed by atoms with E-state index in [9.17, 15) is 22.8 Å². The highest BCUT2D eigenvalue weighted by atomic mass is 19.4. The van der Waals surface area contributed by atoms with Crippen molar-refractivity contribution in [3.05, 3.63) is 89.2 Å². The van der Waals surface area contributed by atoms with E-state index in [0.717, 1.165) is 40.7 Å². The number of hydrogen-bond acceptors (Lipinski definition) is 4. The third-order valence-electron chi connectivity index (χ3n) is 8.04. The molecule has 8 heteroatoms. The maximum Gasteiger partial charge on any atom is 0.417 e. The minimum Gasteiger partial charge on any atom is -0.448 e. The Morgan fingerprint density at radius 3 is 2.11 bits per heavy atom. The fourth-order valence-electron chi connectivity index (χ4n) is 6.42. The average Bonchev–Trinajstić information content (AvgIpc) is 3.36. The van der Waals surface area contributed by atoms with Gasteiger partial charge in [0, 0.05) is 41.9 Å². The van der Waals surface area contributed by atoms with Crippen LogP contribution >= 0.6 is 0 Å². The van der Waals surface area contributed by atoms with Crippen molar-refractivity contribution in [1.82, 2.24) is 9.88 Å². The summed E-state index contributed by atoms with van der Waals surface area (Å²) in [4.78, 5) is 31.8. The van der Waals surface area contributed by atoms with Crippen molar-refractivity contribution in [3.8, 4) is 11.1 Å². The first-order valence-corrected chi connectivity index (χ1v) is 12.5. The molecule has 0 saturated carbocycles. The van der Waals surface area contributed by atoms with Gasteiger partial charge in [-0.3, -0.25) is 9.78 Å². The number of pyridine rings is 1. The fourth-order valence-corrected chi connectivity index (χ4v) is 6.42. The number of alkyl halides is 3. The zero-order valence-electron chi connectivity index (χ0n) is 19.9. The largest absolute Gasteiger partial charge is 0.448 e. The minimum atomic E-state index is -4.63. The maximum absolute atomic E-state index is 13.5. The van der Waals surface area contributed by atoms with Crippen LogP contribution in [0.15, 0.2) is 67.0 Å². The topological polar surface area (TPSA) is 59.5 Å². The lowest BCUT2D eigenvalue weighted by Crippen LogP contribution is -2.48. The Morgan fingerprint density at radius 1 is 0.919 bits per heavy atom. The SMILES string of the molecule is O=C(c1cnccc1C(F)(F)F)C1CC2CCC(C1)N2C(=O)OCC1c2ccccc2-c2ccccc21. The van der Waals surface area contributed by atoms with Gasteiger partial charge in [-0.2, -0.15) is 13.2 Å². The van der Waals surface area contributed by atoms with E-state index in [1.165, 1.54) is 0 Å². The fraction of sp³-hybridized carbons (Fsp3) is 0.345. The Labute approximate surface area is 212 Å². The number of Topliss-reactive ketones (excluding diaryl/α,β-unsaturated/α-hetero) is 1. The van der Waals surface area contributed by atoms with E-state index in [4.69, 9.17) is 4.74 Å². The van der Waals surface area contributed by atoms with Crippen LogP contribution in [0, 0.1) is 5.92 Å². The number of rotatable bonds is 4. The Balaban J connectivity index is 1.15. The second-order valence-electron chi connectivity index (χ2n) is 10.0. The summed E-state index contributed by atoms with van der Waals surface area (Å²) < 4.78 is 46.2. The van der Waals surface area contributed by atoms with Crippen molar-refractivity contribution >= 4 is 11.9 Å². The van der Waals surface area contributed by atoms with Crippen LogP contribution < -0.4 is 0 Å². The van der Waals surface area contributed by atoms with Gasteiger partial charge in [-0.25, -0.2) is 4.79 Å². The number of halogens is 3. The number of hydrogen-bond donors (Lipinski definition) is 0. The van der Waals surface area contributed by atoms with Gasteiger partial charge in [-0.15, -0.1) is 0 Å². The van der Waals surface area contributed by atoms with Crippen LogP contribution in [0.2, 0.25) is 0 Å². The third kappa shape index (κ3) is 4.08. The molecule has 0 N–H and O–H groups in total. The number of fused-ring (bicyclic) bond motifs is 5. The van der Waals surface area contributed by atoms with Gasteiger partial charge >= 0.3 is 12.3 Å². The molecule has 3 heterocycles. The second kappa shape index (κ2) is 9.01. The van der Waals surface area contributed by atoms with Crippen molar-refractivity contribution in [3.63, 3.8) is 0 Å². The Kier molecular flexibility index (Phi) is 5.77. The summed E-state index contributed by atoms with van der Waals surface area (Å²) in [6, 6.07) is 16.6. The molecule has 2 aliphatic heterocycles. The van der Waals surface area contributed by atoms with Crippen LogP contribution in [0.5, 0.6) is 0 Å². The summed E-state index contributed by atoms with van der Waals surface area (Å²) in [7, 11) is 0. The van der Waals surface area contributed by atoms with E-state index in [2.05, 4.69) is 29.2 Å². The van der Waals surface area contributed by atoms with Gasteiger partial charge in [0.1, 0.15) is 6.61 Å². The molecule has 2 saturated heterocycles. The maximum atomic E-state index is 13.5.